The number of para-hydroxylation sites is 2. The van der Waals surface area contributed by atoms with Crippen LogP contribution in [0.4, 0.5) is 42.1 Å². The minimum atomic E-state index is -1.14. The third-order valence-corrected chi connectivity index (χ3v) is 30.0. The second-order valence-corrected chi connectivity index (χ2v) is 41.3. The number of fused-ring (bicyclic) bond motifs is 6. The molecule has 2 atom stereocenters. The predicted octanol–water partition coefficient (Wildman–Crippen LogP) is 17.7. The van der Waals surface area contributed by atoms with Crippen molar-refractivity contribution in [1.29, 1.82) is 0 Å². The Balaban J connectivity index is 0.000000184. The highest BCUT2D eigenvalue weighted by atomic mass is 32.1. The Morgan fingerprint density at radius 2 is 0.904 bits per heavy atom. The maximum absolute atomic E-state index is 15.8. The molecule has 752 valence electrons. The van der Waals surface area contributed by atoms with E-state index in [4.69, 9.17) is 19.2 Å². The smallest absolute Gasteiger partial charge is 0.358 e. The van der Waals surface area contributed by atoms with E-state index in [9.17, 15) is 53.1 Å². The molecule has 2 unspecified atom stereocenters. The van der Waals surface area contributed by atoms with E-state index in [1.807, 2.05) is 173 Å². The van der Waals surface area contributed by atoms with E-state index >= 15 is 8.78 Å². The summed E-state index contributed by atoms with van der Waals surface area (Å²) in [6, 6.07) is 52.4. The highest BCUT2D eigenvalue weighted by Gasteiger charge is 2.38. The van der Waals surface area contributed by atoms with Crippen LogP contribution in [0.15, 0.2) is 170 Å². The molecule has 8 aromatic carbocycles. The van der Waals surface area contributed by atoms with Gasteiger partial charge in [0.15, 0.2) is 33.3 Å². The molecule has 0 bridgehead atoms. The molecule has 8 amide bonds. The molecule has 4 fully saturated rings. The van der Waals surface area contributed by atoms with Crippen molar-refractivity contribution in [2.75, 3.05) is 96.6 Å². The standard InChI is InChI=1S/C57H60FN9O7S.C53H52FN9O7S/c1-33-30-36(73-29-9-10-34-23-26-66(27-24-34)32-48(69)59-44-20-17-40-50(64-65(5)52(40)49(44)58)41-19-22-47(68)62-54(41)71)15-16-37(33)38-18-21-46(61-51(38)55(72)74-57(2,3)4)67-28-25-35-11-8-12-39(42(35)31-67)53(70)63-56-60-43-13-6-7-14-45(43)75-56;1-30-27-33(70-26-6-7-31-20-23-62(24-21-31)29-45(65)55-41-17-14-37-47(60-61(2)49(37)46(41)54)38-16-19-44(64)58-51(38)67)12-13-34(30)35-15-18-43(57-48(35)52(68)69)63-25-22-32-8-5-9-36(39(32)28-63)50(66)59-53-56-40-10-3-4-11-42(40)71-53/h6-8,11-18,20-21,30,34,41H,9-10,19,22-29,31-32H2,1-5H3,(H,59,69)(H,60,63,70)(H,62,68,71);3-5,8-15,17-18,27,31,38H,6-7,16,19-26,28-29H2,1-2H3,(H,55,65)(H,68,69)(H,56,59,66)(H,58,64,67). The molecule has 4 saturated heterocycles. The molecule has 14 aromatic rings. The molecule has 0 spiro atoms. The lowest BCUT2D eigenvalue weighted by atomic mass is 9.92. The topological polar surface area (TPSA) is 391 Å². The van der Waals surface area contributed by atoms with Crippen LogP contribution in [-0.2, 0) is 73.5 Å². The SMILES string of the molecule is Cc1cc(OCCCC2CCN(CC(=O)Nc3ccc4c(C5CCC(=O)NC5=O)nn(C)c4c3F)CC2)ccc1-c1ccc(N2CCc3cccc(C(=O)Nc4nc5ccccc5s4)c3C2)nc1C(=O)O.Cc1cc(OCCCC2CCN(CC(=O)Nc3ccc4c(C5CCC(=O)NC5=O)nn(C)c4c3F)CC2)ccc1-c1ccc(N2CCc3cccc(C(=O)Nc4nc5ccccc5s4)c3C2)nc1C(=O)OC(C)(C)C. The zero-order chi connectivity index (χ0) is 102. The summed E-state index contributed by atoms with van der Waals surface area (Å²) >= 11 is 2.86. The number of halogens is 2. The first-order valence-electron chi connectivity index (χ1n) is 49.5. The summed E-state index contributed by atoms with van der Waals surface area (Å²) in [5.41, 5.74) is 11.9. The number of carbonyl (C=O) groups is 10. The van der Waals surface area contributed by atoms with Crippen LogP contribution in [-0.4, -0.2) is 185 Å². The number of rotatable bonds is 28. The van der Waals surface area contributed by atoms with Gasteiger partial charge in [0.1, 0.15) is 39.8 Å². The summed E-state index contributed by atoms with van der Waals surface area (Å²) in [6.07, 6.45) is 9.69. The summed E-state index contributed by atoms with van der Waals surface area (Å²) < 4.78 is 54.6. The van der Waals surface area contributed by atoms with E-state index < -0.39 is 52.8 Å². The van der Waals surface area contributed by atoms with Crippen LogP contribution >= 0.6 is 22.7 Å². The van der Waals surface area contributed by atoms with E-state index in [1.54, 1.807) is 32.3 Å². The maximum atomic E-state index is 15.8. The first-order chi connectivity index (χ1) is 70.4. The quantitative estimate of drug-likeness (QED) is 0.0136. The minimum Gasteiger partial charge on any atom is -0.494 e. The van der Waals surface area contributed by atoms with Gasteiger partial charge in [0.05, 0.1) is 81.3 Å². The Morgan fingerprint density at radius 3 is 1.32 bits per heavy atom. The fraction of sp³-hybridized carbons (Fsp3) is 0.345. The number of benzene rings is 8. The highest BCUT2D eigenvalue weighted by Crippen LogP contribution is 2.42. The number of aryl methyl sites for hydroxylation is 4. The summed E-state index contributed by atoms with van der Waals surface area (Å²) in [6.45, 7) is 15.8. The zero-order valence-electron chi connectivity index (χ0n) is 82.1. The molecule has 0 radical (unpaired) electrons. The van der Waals surface area contributed by atoms with E-state index in [-0.39, 0.29) is 95.2 Å². The number of nitrogens with zero attached hydrogens (tertiary/aromatic N) is 12. The fourth-order valence-corrected chi connectivity index (χ4v) is 22.4. The van der Waals surface area contributed by atoms with Gasteiger partial charge in [-0.15, -0.1) is 0 Å². The van der Waals surface area contributed by atoms with Crippen molar-refractivity contribution in [2.45, 2.75) is 155 Å². The van der Waals surface area contributed by atoms with Gasteiger partial charge in [-0.3, -0.25) is 78.8 Å². The third-order valence-electron chi connectivity index (χ3n) is 28.1. The van der Waals surface area contributed by atoms with Crippen LogP contribution in [0, 0.1) is 37.3 Å². The number of amides is 8. The van der Waals surface area contributed by atoms with Crippen molar-refractivity contribution < 1.29 is 76.0 Å². The molecule has 146 heavy (non-hydrogen) atoms. The van der Waals surface area contributed by atoms with Crippen molar-refractivity contribution in [3.8, 4) is 33.8 Å². The van der Waals surface area contributed by atoms with Gasteiger partial charge in [0, 0.05) is 86.1 Å². The van der Waals surface area contributed by atoms with Crippen molar-refractivity contribution in [1.82, 2.24) is 59.9 Å². The second kappa shape index (κ2) is 43.0. The van der Waals surface area contributed by atoms with Crippen molar-refractivity contribution in [3.05, 3.63) is 249 Å². The number of piperidine rings is 4. The zero-order valence-corrected chi connectivity index (χ0v) is 83.7. The Morgan fingerprint density at radius 1 is 0.479 bits per heavy atom. The lowest BCUT2D eigenvalue weighted by Crippen LogP contribution is -2.39. The Hall–Kier alpha value is -15.1. The van der Waals surface area contributed by atoms with Crippen LogP contribution in [0.5, 0.6) is 11.5 Å². The number of ether oxygens (including phenoxy) is 3. The number of esters is 1. The fourth-order valence-electron chi connectivity index (χ4n) is 20.6. The van der Waals surface area contributed by atoms with E-state index in [2.05, 4.69) is 77.8 Å². The maximum Gasteiger partial charge on any atom is 0.358 e. The largest absolute Gasteiger partial charge is 0.494 e. The number of aromatic carboxylic acids is 1. The van der Waals surface area contributed by atoms with Crippen LogP contribution in [0.3, 0.4) is 0 Å². The second-order valence-electron chi connectivity index (χ2n) is 39.2. The van der Waals surface area contributed by atoms with Crippen LogP contribution in [0.25, 0.3) is 64.5 Å². The van der Waals surface area contributed by atoms with E-state index in [1.165, 1.54) is 44.2 Å². The molecule has 6 aromatic heterocycles. The van der Waals surface area contributed by atoms with Gasteiger partial charge >= 0.3 is 11.9 Å². The molecule has 0 aliphatic carbocycles. The molecule has 32 nitrogen and oxygen atoms in total. The number of carboxylic acid groups (broad SMARTS) is 1. The summed E-state index contributed by atoms with van der Waals surface area (Å²) in [5, 5.41) is 37.4. The van der Waals surface area contributed by atoms with Crippen molar-refractivity contribution >= 4 is 157 Å². The van der Waals surface area contributed by atoms with Gasteiger partial charge in [-0.25, -0.2) is 38.3 Å². The number of hydrogen-bond acceptors (Lipinski definition) is 25. The average Bonchev–Trinajstić information content (AvgIpc) is 1.56. The minimum absolute atomic E-state index is 0.0399. The van der Waals surface area contributed by atoms with Crippen LogP contribution in [0.2, 0.25) is 0 Å². The Labute approximate surface area is 848 Å². The summed E-state index contributed by atoms with van der Waals surface area (Å²) in [5.74, 6) is -3.40. The molecule has 6 aliphatic heterocycles. The normalized spacial score (nSPS) is 16.5. The van der Waals surface area contributed by atoms with Gasteiger partial charge in [-0.1, -0.05) is 83.3 Å². The van der Waals surface area contributed by atoms with Gasteiger partial charge in [0.2, 0.25) is 35.4 Å². The molecule has 12 heterocycles. The monoisotopic (exact) mass is 2010 g/mol. The van der Waals surface area contributed by atoms with Crippen LogP contribution in [0.1, 0.15) is 196 Å². The number of likely N-dealkylation sites (tertiary alicyclic amines) is 2. The van der Waals surface area contributed by atoms with Gasteiger partial charge in [0.25, 0.3) is 11.8 Å². The van der Waals surface area contributed by atoms with Crippen molar-refractivity contribution in [3.63, 3.8) is 0 Å². The Bertz CT molecular complexity index is 7440. The van der Waals surface area contributed by atoms with Gasteiger partial charge in [-0.2, -0.15) is 10.2 Å². The Kier molecular flexibility index (Phi) is 29.3. The summed E-state index contributed by atoms with van der Waals surface area (Å²) in [4.78, 5) is 156. The number of nitrogens with one attached hydrogen (secondary N) is 6. The first kappa shape index (κ1) is 99.6. The number of pyridine rings is 2. The molecule has 0 saturated carbocycles. The van der Waals surface area contributed by atoms with Gasteiger partial charge < -0.3 is 39.8 Å². The number of anilines is 6. The van der Waals surface area contributed by atoms with Crippen molar-refractivity contribution in [2.24, 2.45) is 25.9 Å². The highest BCUT2D eigenvalue weighted by molar-refractivity contribution is 7.22. The number of hydrogen-bond donors (Lipinski definition) is 7. The predicted molar refractivity (Wildman–Crippen MR) is 555 cm³/mol. The molecule has 6 aliphatic rings. The number of thiazole rings is 2. The molecule has 7 N–H and O–H groups in total. The first-order valence-corrected chi connectivity index (χ1v) is 51.1. The lowest BCUT2D eigenvalue weighted by molar-refractivity contribution is -0.135. The molecule has 36 heteroatoms. The van der Waals surface area contributed by atoms with E-state index in [0.717, 1.165) is 148 Å². The van der Waals surface area contributed by atoms with E-state index in [0.29, 0.717) is 149 Å². The summed E-state index contributed by atoms with van der Waals surface area (Å²) in [7, 11) is 3.18. The third kappa shape index (κ3) is 22.2. The molecular weight excluding hydrogens is 1900 g/mol. The molecule has 20 rings (SSSR count). The molecular formula is C110H112F2N18O14S2. The number of imide groups is 2. The number of carbonyl (C=O) groups excluding carboxylic acids is 9. The van der Waals surface area contributed by atoms with Gasteiger partial charge in [-0.05, 0) is 303 Å². The average molecular weight is 2010 g/mol. The van der Waals surface area contributed by atoms with Crippen LogP contribution < -0.4 is 51.2 Å². The number of carboxylic acids is 1. The lowest BCUT2D eigenvalue weighted by Gasteiger charge is -2.31. The number of aromatic nitrogens is 8.